The highest BCUT2D eigenvalue weighted by atomic mass is 32.2. The van der Waals surface area contributed by atoms with Gasteiger partial charge in [-0.3, -0.25) is 4.79 Å². The van der Waals surface area contributed by atoms with E-state index in [9.17, 15) is 13.2 Å². The molecule has 1 saturated carbocycles. The lowest BCUT2D eigenvalue weighted by Gasteiger charge is -2.18. The first-order valence-electron chi connectivity index (χ1n) is 10.1. The Bertz CT molecular complexity index is 920. The van der Waals surface area contributed by atoms with Crippen molar-refractivity contribution in [2.45, 2.75) is 37.0 Å². The second kappa shape index (κ2) is 8.97. The van der Waals surface area contributed by atoms with Gasteiger partial charge >= 0.3 is 0 Å². The highest BCUT2D eigenvalue weighted by Crippen LogP contribution is 2.47. The number of carbonyl (C=O) groups excluding carboxylic acids is 1. The van der Waals surface area contributed by atoms with Gasteiger partial charge in [0.15, 0.2) is 0 Å². The Hall–Kier alpha value is -2.38. The molecule has 0 spiro atoms. The number of benzene rings is 2. The molecule has 1 aliphatic rings. The van der Waals surface area contributed by atoms with Crippen LogP contribution in [0.4, 0.5) is 5.69 Å². The first-order valence-corrected chi connectivity index (χ1v) is 11.5. The smallest absolute Gasteiger partial charge is 0.243 e. The number of rotatable bonds is 10. The Kier molecular flexibility index (Phi) is 6.59. The molecule has 156 valence electrons. The number of anilines is 1. The molecule has 2 aromatic rings. The summed E-state index contributed by atoms with van der Waals surface area (Å²) in [5, 5.41) is 6.07. The fraction of sp³-hybridized carbons (Fsp3) is 0.409. The number of nitrogens with one attached hydrogen (secondary N) is 2. The number of nitrogens with zero attached hydrogens (tertiary/aromatic N) is 1. The fourth-order valence-electron chi connectivity index (χ4n) is 3.48. The van der Waals surface area contributed by atoms with Gasteiger partial charge in [-0.1, -0.05) is 44.2 Å². The Balaban J connectivity index is 1.51. The van der Waals surface area contributed by atoms with Crippen molar-refractivity contribution in [1.82, 2.24) is 9.62 Å². The molecule has 0 heterocycles. The molecule has 0 aromatic heterocycles. The normalized spacial score (nSPS) is 15.1. The third-order valence-electron chi connectivity index (χ3n) is 5.51. The maximum absolute atomic E-state index is 12.5. The van der Waals surface area contributed by atoms with E-state index >= 15 is 0 Å². The van der Waals surface area contributed by atoms with Gasteiger partial charge in [-0.25, -0.2) is 8.42 Å². The molecule has 0 atom stereocenters. The minimum atomic E-state index is -3.47. The van der Waals surface area contributed by atoms with Crippen molar-refractivity contribution in [2.75, 3.05) is 31.5 Å². The van der Waals surface area contributed by atoms with E-state index in [1.165, 1.54) is 9.87 Å². The number of amides is 1. The molecule has 2 aromatic carbocycles. The van der Waals surface area contributed by atoms with Crippen molar-refractivity contribution in [3.8, 4) is 0 Å². The quantitative estimate of drug-likeness (QED) is 0.625. The Morgan fingerprint density at radius 1 is 1.00 bits per heavy atom. The van der Waals surface area contributed by atoms with Crippen LogP contribution < -0.4 is 10.6 Å². The summed E-state index contributed by atoms with van der Waals surface area (Å²) >= 11 is 0. The van der Waals surface area contributed by atoms with Crippen LogP contribution >= 0.6 is 0 Å². The van der Waals surface area contributed by atoms with E-state index in [1.807, 2.05) is 32.0 Å². The molecule has 3 rings (SSSR count). The van der Waals surface area contributed by atoms with Crippen molar-refractivity contribution in [3.63, 3.8) is 0 Å². The highest BCUT2D eigenvalue weighted by molar-refractivity contribution is 7.89. The van der Waals surface area contributed by atoms with Crippen LogP contribution in [-0.4, -0.2) is 44.8 Å². The van der Waals surface area contributed by atoms with Crippen LogP contribution in [0.25, 0.3) is 0 Å². The molecule has 7 heteroatoms. The van der Waals surface area contributed by atoms with E-state index in [4.69, 9.17) is 0 Å². The molecule has 6 nitrogen and oxygen atoms in total. The van der Waals surface area contributed by atoms with E-state index in [0.717, 1.165) is 12.8 Å². The van der Waals surface area contributed by atoms with Crippen molar-refractivity contribution in [1.29, 1.82) is 0 Å². The van der Waals surface area contributed by atoms with Gasteiger partial charge in [0.25, 0.3) is 0 Å². The minimum Gasteiger partial charge on any atom is -0.376 e. The second-order valence-electron chi connectivity index (χ2n) is 7.39. The molecule has 0 bridgehead atoms. The third kappa shape index (κ3) is 4.97. The van der Waals surface area contributed by atoms with E-state index in [0.29, 0.717) is 25.3 Å². The van der Waals surface area contributed by atoms with Gasteiger partial charge in [-0.2, -0.15) is 4.31 Å². The monoisotopic (exact) mass is 415 g/mol. The third-order valence-corrected chi connectivity index (χ3v) is 7.58. The maximum Gasteiger partial charge on any atom is 0.243 e. The number of hydrogen-bond donors (Lipinski definition) is 2. The molecule has 1 amide bonds. The van der Waals surface area contributed by atoms with Crippen LogP contribution in [0.5, 0.6) is 0 Å². The lowest BCUT2D eigenvalue weighted by Crippen LogP contribution is -2.36. The zero-order valence-corrected chi connectivity index (χ0v) is 17.8. The number of sulfonamides is 1. The van der Waals surface area contributed by atoms with Crippen molar-refractivity contribution < 1.29 is 13.2 Å². The molecule has 1 fully saturated rings. The highest BCUT2D eigenvalue weighted by Gasteiger charge is 2.44. The zero-order valence-electron chi connectivity index (χ0n) is 17.0. The van der Waals surface area contributed by atoms with E-state index in [1.54, 1.807) is 24.3 Å². The van der Waals surface area contributed by atoms with Gasteiger partial charge < -0.3 is 10.6 Å². The van der Waals surface area contributed by atoms with Crippen molar-refractivity contribution >= 4 is 21.6 Å². The Morgan fingerprint density at radius 2 is 1.62 bits per heavy atom. The first-order chi connectivity index (χ1) is 13.9. The van der Waals surface area contributed by atoms with Gasteiger partial charge in [0.1, 0.15) is 0 Å². The molecule has 0 unspecified atom stereocenters. The van der Waals surface area contributed by atoms with E-state index in [2.05, 4.69) is 22.8 Å². The predicted molar refractivity (Wildman–Crippen MR) is 115 cm³/mol. The summed E-state index contributed by atoms with van der Waals surface area (Å²) in [6.45, 7) is 5.29. The van der Waals surface area contributed by atoms with Crippen LogP contribution in [0.1, 0.15) is 32.3 Å². The average Bonchev–Trinajstić information content (AvgIpc) is 3.54. The van der Waals surface area contributed by atoms with Crippen LogP contribution in [-0.2, 0) is 20.2 Å². The Morgan fingerprint density at radius 3 is 2.17 bits per heavy atom. The molecular weight excluding hydrogens is 386 g/mol. The summed E-state index contributed by atoms with van der Waals surface area (Å²) in [6, 6.07) is 16.8. The fourth-order valence-corrected chi connectivity index (χ4v) is 4.94. The van der Waals surface area contributed by atoms with Crippen LogP contribution in [0.15, 0.2) is 59.5 Å². The SMILES string of the molecule is CCN(CC)S(=O)(=O)c1ccc(NCC(=O)NCC2(c3ccccc3)CC2)cc1. The summed E-state index contributed by atoms with van der Waals surface area (Å²) < 4.78 is 26.5. The van der Waals surface area contributed by atoms with E-state index in [-0.39, 0.29) is 22.8 Å². The van der Waals surface area contributed by atoms with Gasteiger partial charge in [-0.05, 0) is 42.7 Å². The second-order valence-corrected chi connectivity index (χ2v) is 9.33. The molecular formula is C22H29N3O3S. The van der Waals surface area contributed by atoms with Crippen molar-refractivity contribution in [2.24, 2.45) is 0 Å². The van der Waals surface area contributed by atoms with Crippen LogP contribution in [0.3, 0.4) is 0 Å². The molecule has 0 saturated heterocycles. The maximum atomic E-state index is 12.5. The molecule has 1 aliphatic carbocycles. The number of carbonyl (C=O) groups is 1. The summed E-state index contributed by atoms with van der Waals surface area (Å²) in [5.74, 6) is -0.0768. The predicted octanol–water partition coefficient (Wildman–Crippen LogP) is 2.98. The van der Waals surface area contributed by atoms with Crippen molar-refractivity contribution in [3.05, 3.63) is 60.2 Å². The Labute approximate surface area is 173 Å². The van der Waals surface area contributed by atoms with Gasteiger partial charge in [0.2, 0.25) is 15.9 Å². The lowest BCUT2D eigenvalue weighted by atomic mass is 9.96. The summed E-state index contributed by atoms with van der Waals surface area (Å²) in [7, 11) is -3.47. The molecule has 29 heavy (non-hydrogen) atoms. The van der Waals surface area contributed by atoms with Gasteiger partial charge in [0, 0.05) is 30.7 Å². The molecule has 2 N–H and O–H groups in total. The first kappa shape index (κ1) is 21.3. The average molecular weight is 416 g/mol. The minimum absolute atomic E-state index is 0.0768. The summed E-state index contributed by atoms with van der Waals surface area (Å²) in [6.07, 6.45) is 2.18. The number of hydrogen-bond acceptors (Lipinski definition) is 4. The van der Waals surface area contributed by atoms with E-state index < -0.39 is 10.0 Å². The van der Waals surface area contributed by atoms with Crippen LogP contribution in [0, 0.1) is 0 Å². The van der Waals surface area contributed by atoms with Gasteiger partial charge in [0.05, 0.1) is 11.4 Å². The topological polar surface area (TPSA) is 78.5 Å². The zero-order chi connectivity index (χ0) is 20.9. The summed E-state index contributed by atoms with van der Waals surface area (Å²) in [5.41, 5.74) is 2.07. The van der Waals surface area contributed by atoms with Crippen LogP contribution in [0.2, 0.25) is 0 Å². The standard InChI is InChI=1S/C22H29N3O3S/c1-3-25(4-2)29(27,28)20-12-10-19(11-13-20)23-16-21(26)24-17-22(14-15-22)18-8-6-5-7-9-18/h5-13,23H,3-4,14-17H2,1-2H3,(H,24,26). The molecule has 0 aliphatic heterocycles. The lowest BCUT2D eigenvalue weighted by molar-refractivity contribution is -0.119. The summed E-state index contributed by atoms with van der Waals surface area (Å²) in [4.78, 5) is 12.5. The largest absolute Gasteiger partial charge is 0.376 e. The van der Waals surface area contributed by atoms with Gasteiger partial charge in [-0.15, -0.1) is 0 Å². The molecule has 0 radical (unpaired) electrons.